The summed E-state index contributed by atoms with van der Waals surface area (Å²) in [7, 11) is 0. The van der Waals surface area contributed by atoms with Gasteiger partial charge >= 0.3 is 0 Å². The van der Waals surface area contributed by atoms with Crippen LogP contribution in [0.1, 0.15) is 25.7 Å². The quantitative estimate of drug-likeness (QED) is 0.403. The number of hydrogen-bond donors (Lipinski definition) is 4. The lowest BCUT2D eigenvalue weighted by atomic mass is 10.3. The fourth-order valence-corrected chi connectivity index (χ4v) is 0.744. The zero-order valence-electron chi connectivity index (χ0n) is 7.95. The van der Waals surface area contributed by atoms with Gasteiger partial charge in [-0.25, -0.2) is 0 Å². The van der Waals surface area contributed by atoms with E-state index in [2.05, 4.69) is 10.9 Å². The van der Waals surface area contributed by atoms with E-state index in [1.54, 1.807) is 0 Å². The number of aliphatic hydroxyl groups is 2. The molecule has 0 bridgehead atoms. The number of amides is 2. The topological polar surface area (TPSA) is 98.7 Å². The second-order valence-corrected chi connectivity index (χ2v) is 2.75. The molecule has 6 heteroatoms. The summed E-state index contributed by atoms with van der Waals surface area (Å²) in [4.78, 5) is 21.8. The van der Waals surface area contributed by atoms with Gasteiger partial charge in [0.2, 0.25) is 11.8 Å². The molecule has 0 rings (SSSR count). The van der Waals surface area contributed by atoms with Crippen LogP contribution in [0.15, 0.2) is 0 Å². The van der Waals surface area contributed by atoms with Crippen molar-refractivity contribution in [3.63, 3.8) is 0 Å². The van der Waals surface area contributed by atoms with Gasteiger partial charge in [-0.15, -0.1) is 0 Å². The van der Waals surface area contributed by atoms with Crippen LogP contribution in [0, 0.1) is 0 Å². The Hall–Kier alpha value is -1.14. The molecule has 0 aromatic carbocycles. The fraction of sp³-hybridized carbons (Fsp3) is 0.750. The van der Waals surface area contributed by atoms with E-state index in [4.69, 9.17) is 10.2 Å². The van der Waals surface area contributed by atoms with Gasteiger partial charge in [-0.3, -0.25) is 20.4 Å². The summed E-state index contributed by atoms with van der Waals surface area (Å²) in [6, 6.07) is 0. The molecule has 82 valence electrons. The molecule has 2 amide bonds. The van der Waals surface area contributed by atoms with Crippen LogP contribution in [0.4, 0.5) is 0 Å². The minimum atomic E-state index is -0.337. The number of hydrogen-bond acceptors (Lipinski definition) is 4. The Morgan fingerprint density at radius 1 is 0.857 bits per heavy atom. The van der Waals surface area contributed by atoms with Crippen molar-refractivity contribution in [2.75, 3.05) is 13.2 Å². The molecule has 0 aliphatic rings. The molecule has 0 saturated heterocycles. The van der Waals surface area contributed by atoms with Crippen LogP contribution in [0.25, 0.3) is 0 Å². The maximum Gasteiger partial charge on any atom is 0.238 e. The van der Waals surface area contributed by atoms with Gasteiger partial charge in [0.25, 0.3) is 0 Å². The van der Waals surface area contributed by atoms with Crippen molar-refractivity contribution in [1.29, 1.82) is 0 Å². The zero-order chi connectivity index (χ0) is 10.8. The number of carbonyl (C=O) groups is 2. The Bertz CT molecular complexity index is 164. The van der Waals surface area contributed by atoms with Gasteiger partial charge in [0.1, 0.15) is 0 Å². The van der Waals surface area contributed by atoms with E-state index < -0.39 is 0 Å². The monoisotopic (exact) mass is 204 g/mol. The molecule has 6 nitrogen and oxygen atoms in total. The van der Waals surface area contributed by atoms with Crippen LogP contribution in [0.5, 0.6) is 0 Å². The second-order valence-electron chi connectivity index (χ2n) is 2.75. The van der Waals surface area contributed by atoms with Crippen LogP contribution in [0.3, 0.4) is 0 Å². The third kappa shape index (κ3) is 7.51. The standard InChI is InChI=1S/C8H16N2O4/c11-5-1-3-7(13)9-10-8(14)4-2-6-12/h11-12H,1-6H2,(H,9,13)(H,10,14). The molecule has 14 heavy (non-hydrogen) atoms. The molecule has 0 aliphatic carbocycles. The van der Waals surface area contributed by atoms with E-state index >= 15 is 0 Å². The van der Waals surface area contributed by atoms with E-state index in [-0.39, 0.29) is 37.9 Å². The van der Waals surface area contributed by atoms with Gasteiger partial charge in [-0.05, 0) is 12.8 Å². The lowest BCUT2D eigenvalue weighted by Gasteiger charge is -2.05. The summed E-state index contributed by atoms with van der Waals surface area (Å²) in [6.45, 7) is -0.0994. The van der Waals surface area contributed by atoms with Gasteiger partial charge in [0, 0.05) is 26.1 Å². The van der Waals surface area contributed by atoms with Gasteiger partial charge in [-0.2, -0.15) is 0 Å². The molecule has 0 atom stereocenters. The Labute approximate surface area is 82.3 Å². The predicted molar refractivity (Wildman–Crippen MR) is 48.9 cm³/mol. The Balaban J connectivity index is 3.41. The summed E-state index contributed by atoms with van der Waals surface area (Å²) in [5, 5.41) is 16.8. The highest BCUT2D eigenvalue weighted by Gasteiger charge is 2.03. The van der Waals surface area contributed by atoms with Crippen molar-refractivity contribution in [1.82, 2.24) is 10.9 Å². The van der Waals surface area contributed by atoms with Crippen molar-refractivity contribution in [3.8, 4) is 0 Å². The second kappa shape index (κ2) is 8.46. The van der Waals surface area contributed by atoms with Crippen LogP contribution in [-0.2, 0) is 9.59 Å². The highest BCUT2D eigenvalue weighted by molar-refractivity contribution is 5.81. The van der Waals surface area contributed by atoms with Crippen LogP contribution in [0.2, 0.25) is 0 Å². The van der Waals surface area contributed by atoms with Crippen molar-refractivity contribution in [2.45, 2.75) is 25.7 Å². The number of hydrazine groups is 1. The highest BCUT2D eigenvalue weighted by Crippen LogP contribution is 1.87. The minimum Gasteiger partial charge on any atom is -0.396 e. The molecule has 0 saturated carbocycles. The first-order chi connectivity index (χ1) is 6.70. The highest BCUT2D eigenvalue weighted by atomic mass is 16.3. The predicted octanol–water partition coefficient (Wildman–Crippen LogP) is -1.32. The molecule has 0 radical (unpaired) electrons. The van der Waals surface area contributed by atoms with Crippen molar-refractivity contribution < 1.29 is 19.8 Å². The molecule has 0 fully saturated rings. The summed E-state index contributed by atoms with van der Waals surface area (Å²) in [5.41, 5.74) is 4.39. The minimum absolute atomic E-state index is 0.0497. The Kier molecular flexibility index (Phi) is 7.77. The maximum atomic E-state index is 10.9. The van der Waals surface area contributed by atoms with Crippen LogP contribution < -0.4 is 10.9 Å². The molecule has 0 aromatic rings. The summed E-state index contributed by atoms with van der Waals surface area (Å²) in [6.07, 6.45) is 1.10. The van der Waals surface area contributed by atoms with Crippen molar-refractivity contribution in [2.24, 2.45) is 0 Å². The van der Waals surface area contributed by atoms with Gasteiger partial charge in [0.15, 0.2) is 0 Å². The van der Waals surface area contributed by atoms with Crippen molar-refractivity contribution in [3.05, 3.63) is 0 Å². The van der Waals surface area contributed by atoms with E-state index in [0.717, 1.165) is 0 Å². The largest absolute Gasteiger partial charge is 0.396 e. The number of nitrogens with one attached hydrogen (secondary N) is 2. The number of aliphatic hydroxyl groups excluding tert-OH is 2. The molecular weight excluding hydrogens is 188 g/mol. The van der Waals surface area contributed by atoms with E-state index in [9.17, 15) is 9.59 Å². The van der Waals surface area contributed by atoms with Gasteiger partial charge < -0.3 is 10.2 Å². The molecule has 4 N–H and O–H groups in total. The molecule has 0 unspecified atom stereocenters. The van der Waals surface area contributed by atoms with E-state index in [1.807, 2.05) is 0 Å². The van der Waals surface area contributed by atoms with E-state index in [1.165, 1.54) is 0 Å². The first-order valence-electron chi connectivity index (χ1n) is 4.50. The molecule has 0 heterocycles. The summed E-state index contributed by atoms with van der Waals surface area (Å²) in [5.74, 6) is -0.673. The average molecular weight is 204 g/mol. The lowest BCUT2D eigenvalue weighted by Crippen LogP contribution is -2.41. The van der Waals surface area contributed by atoms with E-state index in [0.29, 0.717) is 12.8 Å². The first kappa shape index (κ1) is 12.9. The van der Waals surface area contributed by atoms with Gasteiger partial charge in [-0.1, -0.05) is 0 Å². The molecule has 0 aliphatic heterocycles. The maximum absolute atomic E-state index is 10.9. The van der Waals surface area contributed by atoms with Crippen LogP contribution >= 0.6 is 0 Å². The smallest absolute Gasteiger partial charge is 0.238 e. The third-order valence-electron chi connectivity index (χ3n) is 1.47. The molecule has 0 spiro atoms. The normalized spacial score (nSPS) is 9.57. The summed E-state index contributed by atoms with van der Waals surface area (Å²) >= 11 is 0. The fourth-order valence-electron chi connectivity index (χ4n) is 0.744. The number of carbonyl (C=O) groups excluding carboxylic acids is 2. The Morgan fingerprint density at radius 3 is 1.50 bits per heavy atom. The number of rotatable bonds is 6. The summed E-state index contributed by atoms with van der Waals surface area (Å²) < 4.78 is 0. The lowest BCUT2D eigenvalue weighted by molar-refractivity contribution is -0.129. The zero-order valence-corrected chi connectivity index (χ0v) is 7.95. The SMILES string of the molecule is O=C(CCCO)NNC(=O)CCCO. The first-order valence-corrected chi connectivity index (χ1v) is 4.50. The van der Waals surface area contributed by atoms with Crippen molar-refractivity contribution >= 4 is 11.8 Å². The molecular formula is C8H16N2O4. The van der Waals surface area contributed by atoms with Gasteiger partial charge in [0.05, 0.1) is 0 Å². The third-order valence-corrected chi connectivity index (χ3v) is 1.47. The van der Waals surface area contributed by atoms with Crippen LogP contribution in [-0.4, -0.2) is 35.2 Å². The average Bonchev–Trinajstić information content (AvgIpc) is 2.20. The molecule has 0 aromatic heterocycles. The Morgan fingerprint density at radius 2 is 1.21 bits per heavy atom.